The number of hydrogen-bond donors (Lipinski definition) is 3. The number of carbonyl (C=O) groups excluding carboxylic acids is 1. The number of piperazine rings is 1. The third-order valence-corrected chi connectivity index (χ3v) is 4.82. The van der Waals surface area contributed by atoms with Gasteiger partial charge < -0.3 is 16.4 Å². The SMILES string of the molecule is Nc1c(C(=O)NCCN2CCNCC2)sc2cnccc12. The first-order valence-electron chi connectivity index (χ1n) is 7.09. The molecule has 0 aromatic carbocycles. The lowest BCUT2D eigenvalue weighted by molar-refractivity contribution is 0.0952. The minimum atomic E-state index is -0.0937. The van der Waals surface area contributed by atoms with Gasteiger partial charge in [-0.3, -0.25) is 14.7 Å². The molecule has 2 aromatic rings. The number of carbonyl (C=O) groups is 1. The first-order valence-corrected chi connectivity index (χ1v) is 7.90. The van der Waals surface area contributed by atoms with Gasteiger partial charge in [-0.2, -0.15) is 0 Å². The zero-order valence-corrected chi connectivity index (χ0v) is 12.6. The largest absolute Gasteiger partial charge is 0.397 e. The molecule has 1 saturated heterocycles. The minimum Gasteiger partial charge on any atom is -0.397 e. The highest BCUT2D eigenvalue weighted by Crippen LogP contribution is 2.32. The predicted molar refractivity (Wildman–Crippen MR) is 85.7 cm³/mol. The number of anilines is 1. The summed E-state index contributed by atoms with van der Waals surface area (Å²) in [4.78, 5) is 19.2. The molecule has 3 heterocycles. The van der Waals surface area contributed by atoms with Crippen LogP contribution < -0.4 is 16.4 Å². The highest BCUT2D eigenvalue weighted by atomic mass is 32.1. The number of nitrogens with one attached hydrogen (secondary N) is 2. The highest BCUT2D eigenvalue weighted by molar-refractivity contribution is 7.21. The molecule has 0 atom stereocenters. The van der Waals surface area contributed by atoms with Crippen molar-refractivity contribution in [2.75, 3.05) is 45.0 Å². The van der Waals surface area contributed by atoms with E-state index in [1.165, 1.54) is 11.3 Å². The number of hydrogen-bond acceptors (Lipinski definition) is 6. The van der Waals surface area contributed by atoms with Crippen LogP contribution in [0.2, 0.25) is 0 Å². The van der Waals surface area contributed by atoms with Crippen LogP contribution in [0.3, 0.4) is 0 Å². The molecule has 4 N–H and O–H groups in total. The van der Waals surface area contributed by atoms with Gasteiger partial charge in [-0.05, 0) is 6.07 Å². The molecule has 112 valence electrons. The molecule has 21 heavy (non-hydrogen) atoms. The van der Waals surface area contributed by atoms with E-state index >= 15 is 0 Å². The number of rotatable bonds is 4. The second kappa shape index (κ2) is 6.38. The molecule has 7 heteroatoms. The number of nitrogen functional groups attached to an aromatic ring is 1. The van der Waals surface area contributed by atoms with Gasteiger partial charge >= 0.3 is 0 Å². The van der Waals surface area contributed by atoms with Crippen molar-refractivity contribution in [3.05, 3.63) is 23.3 Å². The summed E-state index contributed by atoms with van der Waals surface area (Å²) in [6.07, 6.45) is 3.44. The summed E-state index contributed by atoms with van der Waals surface area (Å²) in [7, 11) is 0. The van der Waals surface area contributed by atoms with Crippen LogP contribution >= 0.6 is 11.3 Å². The number of thiophene rings is 1. The first-order chi connectivity index (χ1) is 10.3. The summed E-state index contributed by atoms with van der Waals surface area (Å²) in [5.74, 6) is -0.0937. The van der Waals surface area contributed by atoms with Crippen LogP contribution in [0, 0.1) is 0 Å². The molecule has 2 aromatic heterocycles. The fraction of sp³-hybridized carbons (Fsp3) is 0.429. The molecule has 1 amide bonds. The summed E-state index contributed by atoms with van der Waals surface area (Å²) < 4.78 is 0.947. The van der Waals surface area contributed by atoms with Crippen molar-refractivity contribution >= 4 is 33.0 Å². The van der Waals surface area contributed by atoms with E-state index in [-0.39, 0.29) is 5.91 Å². The van der Waals surface area contributed by atoms with Gasteiger partial charge in [0.05, 0.1) is 10.4 Å². The zero-order valence-electron chi connectivity index (χ0n) is 11.8. The third-order valence-electron chi connectivity index (χ3n) is 3.66. The van der Waals surface area contributed by atoms with Crippen LogP contribution in [-0.4, -0.2) is 55.1 Å². The molecule has 6 nitrogen and oxygen atoms in total. The summed E-state index contributed by atoms with van der Waals surface area (Å²) in [5, 5.41) is 7.17. The van der Waals surface area contributed by atoms with Gasteiger partial charge in [-0.25, -0.2) is 0 Å². The van der Waals surface area contributed by atoms with Crippen molar-refractivity contribution in [2.45, 2.75) is 0 Å². The maximum absolute atomic E-state index is 12.2. The lowest BCUT2D eigenvalue weighted by Gasteiger charge is -2.27. The molecule has 0 saturated carbocycles. The van der Waals surface area contributed by atoms with Crippen molar-refractivity contribution < 1.29 is 4.79 Å². The van der Waals surface area contributed by atoms with Gasteiger partial charge in [0.15, 0.2) is 0 Å². The molecule has 0 unspecified atom stereocenters. The zero-order chi connectivity index (χ0) is 14.7. The monoisotopic (exact) mass is 305 g/mol. The number of aromatic nitrogens is 1. The van der Waals surface area contributed by atoms with Crippen LogP contribution in [0.4, 0.5) is 5.69 Å². The topological polar surface area (TPSA) is 83.3 Å². The van der Waals surface area contributed by atoms with E-state index in [0.29, 0.717) is 17.1 Å². The van der Waals surface area contributed by atoms with Crippen molar-refractivity contribution in [2.24, 2.45) is 0 Å². The van der Waals surface area contributed by atoms with E-state index in [1.807, 2.05) is 6.07 Å². The Morgan fingerprint density at radius 1 is 1.48 bits per heavy atom. The Morgan fingerprint density at radius 2 is 2.29 bits per heavy atom. The van der Waals surface area contributed by atoms with E-state index in [2.05, 4.69) is 20.5 Å². The molecule has 3 rings (SSSR count). The van der Waals surface area contributed by atoms with Gasteiger partial charge in [0, 0.05) is 57.0 Å². The third kappa shape index (κ3) is 3.15. The first kappa shape index (κ1) is 14.2. The number of nitrogens with two attached hydrogens (primary N) is 1. The number of nitrogens with zero attached hydrogens (tertiary/aromatic N) is 2. The molecular formula is C14H19N5OS. The van der Waals surface area contributed by atoms with Crippen molar-refractivity contribution in [3.8, 4) is 0 Å². The van der Waals surface area contributed by atoms with Crippen molar-refractivity contribution in [1.29, 1.82) is 0 Å². The fourth-order valence-electron chi connectivity index (χ4n) is 2.48. The van der Waals surface area contributed by atoms with E-state index in [1.54, 1.807) is 12.4 Å². The maximum atomic E-state index is 12.2. The second-order valence-electron chi connectivity index (χ2n) is 5.06. The lowest BCUT2D eigenvalue weighted by atomic mass is 10.2. The van der Waals surface area contributed by atoms with Gasteiger partial charge in [0.25, 0.3) is 5.91 Å². The van der Waals surface area contributed by atoms with E-state index in [9.17, 15) is 4.79 Å². The average Bonchev–Trinajstić information content (AvgIpc) is 2.86. The van der Waals surface area contributed by atoms with Crippen LogP contribution in [0.5, 0.6) is 0 Å². The molecule has 0 bridgehead atoms. The Balaban J connectivity index is 1.60. The van der Waals surface area contributed by atoms with Crippen LogP contribution in [0.15, 0.2) is 18.5 Å². The maximum Gasteiger partial charge on any atom is 0.263 e. The Kier molecular flexibility index (Phi) is 4.33. The van der Waals surface area contributed by atoms with E-state index < -0.39 is 0 Å². The summed E-state index contributed by atoms with van der Waals surface area (Å²) in [6.45, 7) is 5.62. The minimum absolute atomic E-state index is 0.0937. The molecule has 1 aliphatic heterocycles. The van der Waals surface area contributed by atoms with Crippen LogP contribution in [0.1, 0.15) is 9.67 Å². The Bertz CT molecular complexity index is 635. The summed E-state index contributed by atoms with van der Waals surface area (Å²) >= 11 is 1.39. The van der Waals surface area contributed by atoms with Crippen molar-refractivity contribution in [1.82, 2.24) is 20.5 Å². The normalized spacial score (nSPS) is 16.2. The molecule has 0 radical (unpaired) electrons. The van der Waals surface area contributed by atoms with Gasteiger partial charge in [-0.15, -0.1) is 11.3 Å². The highest BCUT2D eigenvalue weighted by Gasteiger charge is 2.16. The number of amides is 1. The Morgan fingerprint density at radius 3 is 3.05 bits per heavy atom. The van der Waals surface area contributed by atoms with Crippen LogP contribution in [-0.2, 0) is 0 Å². The smallest absolute Gasteiger partial charge is 0.263 e. The Labute approximate surface area is 127 Å². The number of pyridine rings is 1. The second-order valence-corrected chi connectivity index (χ2v) is 6.12. The summed E-state index contributed by atoms with van der Waals surface area (Å²) in [5.41, 5.74) is 6.61. The average molecular weight is 305 g/mol. The number of fused-ring (bicyclic) bond motifs is 1. The van der Waals surface area contributed by atoms with Crippen LogP contribution in [0.25, 0.3) is 10.1 Å². The summed E-state index contributed by atoms with van der Waals surface area (Å²) in [6, 6.07) is 1.85. The van der Waals surface area contributed by atoms with Crippen molar-refractivity contribution in [3.63, 3.8) is 0 Å². The molecular weight excluding hydrogens is 286 g/mol. The van der Waals surface area contributed by atoms with E-state index in [0.717, 1.165) is 42.8 Å². The quantitative estimate of drug-likeness (QED) is 0.767. The standard InChI is InChI=1S/C14H19N5OS/c15-12-10-1-2-17-9-11(10)21-13(12)14(20)18-5-8-19-6-3-16-4-7-19/h1-2,9,16H,3-8,15H2,(H,18,20). The van der Waals surface area contributed by atoms with Gasteiger partial charge in [0.2, 0.25) is 0 Å². The molecule has 0 spiro atoms. The molecule has 1 fully saturated rings. The Hall–Kier alpha value is -1.70. The lowest BCUT2D eigenvalue weighted by Crippen LogP contribution is -2.46. The van der Waals surface area contributed by atoms with Gasteiger partial charge in [-0.1, -0.05) is 0 Å². The molecule has 1 aliphatic rings. The van der Waals surface area contributed by atoms with Gasteiger partial charge in [0.1, 0.15) is 4.88 Å². The predicted octanol–water partition coefficient (Wildman–Crippen LogP) is 0.514. The molecule has 0 aliphatic carbocycles. The van der Waals surface area contributed by atoms with E-state index in [4.69, 9.17) is 5.73 Å². The fourth-order valence-corrected chi connectivity index (χ4v) is 3.49.